The molecular formula is C22H29N3O5S2. The van der Waals surface area contributed by atoms with E-state index >= 15 is 0 Å². The predicted molar refractivity (Wildman–Crippen MR) is 126 cm³/mol. The topological polar surface area (TPSA) is 113 Å². The quantitative estimate of drug-likeness (QED) is 0.659. The van der Waals surface area contributed by atoms with E-state index in [1.165, 1.54) is 6.07 Å². The maximum absolute atomic E-state index is 13.3. The summed E-state index contributed by atoms with van der Waals surface area (Å²) in [5.74, 6) is -0.212. The van der Waals surface area contributed by atoms with Gasteiger partial charge in [0.25, 0.3) is 15.9 Å². The van der Waals surface area contributed by atoms with Gasteiger partial charge in [-0.25, -0.2) is 16.8 Å². The number of benzene rings is 2. The Kier molecular flexibility index (Phi) is 6.85. The maximum atomic E-state index is 13.3. The van der Waals surface area contributed by atoms with Gasteiger partial charge in [-0.1, -0.05) is 18.2 Å². The Labute approximate surface area is 190 Å². The molecule has 3 rings (SSSR count). The fourth-order valence-electron chi connectivity index (χ4n) is 3.97. The molecule has 1 atom stereocenters. The Morgan fingerprint density at radius 1 is 1.00 bits per heavy atom. The van der Waals surface area contributed by atoms with E-state index in [1.807, 2.05) is 6.92 Å². The van der Waals surface area contributed by atoms with Crippen LogP contribution in [0.25, 0.3) is 0 Å². The minimum absolute atomic E-state index is 0.0668. The smallest absolute Gasteiger partial charge is 0.262 e. The number of carbonyl (C=O) groups excluding carboxylic acids is 1. The summed E-state index contributed by atoms with van der Waals surface area (Å²) in [6.07, 6.45) is 3.91. The molecule has 0 radical (unpaired) electrons. The number of carbonyl (C=O) groups is 1. The molecule has 0 aliphatic carbocycles. The Hall–Kier alpha value is -2.59. The van der Waals surface area contributed by atoms with Crippen LogP contribution in [0.4, 0.5) is 11.4 Å². The largest absolute Gasteiger partial charge is 0.336 e. The fourth-order valence-corrected chi connectivity index (χ4v) is 5.99. The van der Waals surface area contributed by atoms with Crippen LogP contribution in [0.1, 0.15) is 47.7 Å². The molecule has 174 valence electrons. The van der Waals surface area contributed by atoms with Gasteiger partial charge in [-0.3, -0.25) is 14.2 Å². The zero-order valence-electron chi connectivity index (χ0n) is 18.7. The van der Waals surface area contributed by atoms with E-state index in [4.69, 9.17) is 0 Å². The highest BCUT2D eigenvalue weighted by Gasteiger charge is 2.28. The van der Waals surface area contributed by atoms with Crippen LogP contribution in [0.15, 0.2) is 41.3 Å². The van der Waals surface area contributed by atoms with Crippen LogP contribution in [0.3, 0.4) is 0 Å². The molecule has 2 N–H and O–H groups in total. The average molecular weight is 480 g/mol. The molecule has 2 aromatic carbocycles. The van der Waals surface area contributed by atoms with Gasteiger partial charge in [-0.15, -0.1) is 0 Å². The molecule has 0 aromatic heterocycles. The highest BCUT2D eigenvalue weighted by Crippen LogP contribution is 2.30. The van der Waals surface area contributed by atoms with Crippen molar-refractivity contribution in [2.24, 2.45) is 0 Å². The van der Waals surface area contributed by atoms with Gasteiger partial charge in [0, 0.05) is 12.6 Å². The first kappa shape index (κ1) is 24.1. The average Bonchev–Trinajstić information content (AvgIpc) is 2.70. The zero-order valence-corrected chi connectivity index (χ0v) is 20.3. The van der Waals surface area contributed by atoms with E-state index in [1.54, 1.807) is 49.1 Å². The normalized spacial score (nSPS) is 17.1. The van der Waals surface area contributed by atoms with Crippen molar-refractivity contribution in [1.29, 1.82) is 0 Å². The number of amides is 1. The van der Waals surface area contributed by atoms with Crippen LogP contribution in [0, 0.1) is 13.8 Å². The molecule has 32 heavy (non-hydrogen) atoms. The lowest BCUT2D eigenvalue weighted by atomic mass is 10.0. The number of nitrogens with one attached hydrogen (secondary N) is 2. The third kappa shape index (κ3) is 5.24. The summed E-state index contributed by atoms with van der Waals surface area (Å²) in [4.78, 5) is 14.9. The van der Waals surface area contributed by atoms with E-state index < -0.39 is 20.0 Å². The molecule has 2 aromatic rings. The molecule has 1 amide bonds. The number of hydrogen-bond acceptors (Lipinski definition) is 5. The standard InChI is InChI=1S/C22H29N3O5S2/c1-15-12-13-20(17(3)21(15)24-31(4,27)28)32(29,30)23-19-11-6-5-10-18(19)22(26)25-14-8-7-9-16(25)2/h5-6,10-13,16,23-24H,7-9,14H2,1-4H3/t16-/m1/s1. The monoisotopic (exact) mass is 479 g/mol. The lowest BCUT2D eigenvalue weighted by Crippen LogP contribution is -2.42. The van der Waals surface area contributed by atoms with Gasteiger partial charge in [-0.05, 0) is 69.4 Å². The molecular weight excluding hydrogens is 450 g/mol. The van der Waals surface area contributed by atoms with Gasteiger partial charge in [0.05, 0.1) is 28.1 Å². The van der Waals surface area contributed by atoms with Crippen LogP contribution >= 0.6 is 0 Å². The molecule has 0 saturated carbocycles. The molecule has 8 nitrogen and oxygen atoms in total. The highest BCUT2D eigenvalue weighted by atomic mass is 32.2. The van der Waals surface area contributed by atoms with Gasteiger partial charge < -0.3 is 4.90 Å². The number of sulfonamides is 2. The van der Waals surface area contributed by atoms with Crippen molar-refractivity contribution in [3.05, 3.63) is 53.1 Å². The van der Waals surface area contributed by atoms with Crippen LogP contribution < -0.4 is 9.44 Å². The van der Waals surface area contributed by atoms with Crippen molar-refractivity contribution >= 4 is 37.3 Å². The first-order valence-electron chi connectivity index (χ1n) is 10.4. The van der Waals surface area contributed by atoms with Crippen LogP contribution in [0.2, 0.25) is 0 Å². The van der Waals surface area contributed by atoms with Gasteiger partial charge in [-0.2, -0.15) is 0 Å². The summed E-state index contributed by atoms with van der Waals surface area (Å²) >= 11 is 0. The SMILES string of the molecule is Cc1ccc(S(=O)(=O)Nc2ccccc2C(=O)N2CCCC[C@H]2C)c(C)c1NS(C)(=O)=O. The summed E-state index contributed by atoms with van der Waals surface area (Å²) in [6, 6.07) is 9.58. The fraction of sp³-hybridized carbons (Fsp3) is 0.409. The van der Waals surface area contributed by atoms with E-state index in [-0.39, 0.29) is 39.3 Å². The first-order chi connectivity index (χ1) is 14.9. The summed E-state index contributed by atoms with van der Waals surface area (Å²) in [5, 5.41) is 0. The van der Waals surface area contributed by atoms with Crippen molar-refractivity contribution in [3.8, 4) is 0 Å². The third-order valence-corrected chi connectivity index (χ3v) is 7.75. The molecule has 0 bridgehead atoms. The second-order valence-electron chi connectivity index (χ2n) is 8.25. The van der Waals surface area contributed by atoms with Crippen molar-refractivity contribution in [3.63, 3.8) is 0 Å². The minimum atomic E-state index is -4.09. The van der Waals surface area contributed by atoms with Crippen molar-refractivity contribution in [1.82, 2.24) is 4.90 Å². The van der Waals surface area contributed by atoms with Gasteiger partial charge in [0.1, 0.15) is 0 Å². The van der Waals surface area contributed by atoms with E-state index in [9.17, 15) is 21.6 Å². The van der Waals surface area contributed by atoms with Crippen molar-refractivity contribution in [2.75, 3.05) is 22.2 Å². The van der Waals surface area contributed by atoms with Crippen LogP contribution in [0.5, 0.6) is 0 Å². The molecule has 1 aliphatic heterocycles. The second-order valence-corrected chi connectivity index (χ2v) is 11.6. The van der Waals surface area contributed by atoms with E-state index in [0.717, 1.165) is 25.5 Å². The Morgan fingerprint density at radius 3 is 2.34 bits per heavy atom. The number of hydrogen-bond donors (Lipinski definition) is 2. The number of aryl methyl sites for hydroxylation is 1. The highest BCUT2D eigenvalue weighted by molar-refractivity contribution is 7.93. The van der Waals surface area contributed by atoms with Gasteiger partial charge >= 0.3 is 0 Å². The van der Waals surface area contributed by atoms with E-state index in [0.29, 0.717) is 12.1 Å². The molecule has 0 unspecified atom stereocenters. The summed E-state index contributed by atoms with van der Waals surface area (Å²) in [7, 11) is -7.69. The maximum Gasteiger partial charge on any atom is 0.262 e. The van der Waals surface area contributed by atoms with E-state index in [2.05, 4.69) is 9.44 Å². The van der Waals surface area contributed by atoms with Crippen LogP contribution in [-0.4, -0.2) is 46.5 Å². The number of para-hydroxylation sites is 1. The first-order valence-corrected chi connectivity index (χ1v) is 13.8. The molecule has 1 saturated heterocycles. The van der Waals surface area contributed by atoms with Gasteiger partial charge in [0.15, 0.2) is 0 Å². The third-order valence-electron chi connectivity index (χ3n) is 5.67. The summed E-state index contributed by atoms with van der Waals surface area (Å²) in [5.41, 5.74) is 1.57. The molecule has 1 aliphatic rings. The molecule has 10 heteroatoms. The molecule has 1 heterocycles. The number of nitrogens with zero attached hydrogens (tertiary/aromatic N) is 1. The molecule has 0 spiro atoms. The Morgan fingerprint density at radius 2 is 1.69 bits per heavy atom. The Bertz CT molecular complexity index is 1240. The van der Waals surface area contributed by atoms with Crippen LogP contribution in [-0.2, 0) is 20.0 Å². The second kappa shape index (κ2) is 9.11. The predicted octanol–water partition coefficient (Wildman–Crippen LogP) is 3.49. The summed E-state index contributed by atoms with van der Waals surface area (Å²) in [6.45, 7) is 5.87. The Balaban J connectivity index is 1.98. The number of rotatable bonds is 6. The number of piperidine rings is 1. The number of anilines is 2. The van der Waals surface area contributed by atoms with Gasteiger partial charge in [0.2, 0.25) is 10.0 Å². The molecule has 1 fully saturated rings. The van der Waals surface area contributed by atoms with Crippen molar-refractivity contribution in [2.45, 2.75) is 51.0 Å². The summed E-state index contributed by atoms with van der Waals surface area (Å²) < 4.78 is 54.9. The number of likely N-dealkylation sites (tertiary alicyclic amines) is 1. The minimum Gasteiger partial charge on any atom is -0.336 e. The lowest BCUT2D eigenvalue weighted by Gasteiger charge is -2.34. The lowest BCUT2D eigenvalue weighted by molar-refractivity contribution is 0.0636. The zero-order chi connectivity index (χ0) is 23.7. The van der Waals surface area contributed by atoms with Crippen molar-refractivity contribution < 1.29 is 21.6 Å².